The van der Waals surface area contributed by atoms with Gasteiger partial charge in [-0.3, -0.25) is 4.90 Å². The molecule has 112 valence electrons. The van der Waals surface area contributed by atoms with Crippen molar-refractivity contribution >= 4 is 0 Å². The van der Waals surface area contributed by atoms with Crippen LogP contribution in [-0.4, -0.2) is 30.6 Å². The van der Waals surface area contributed by atoms with E-state index in [0.29, 0.717) is 17.5 Å². The molecule has 0 radical (unpaired) electrons. The maximum absolute atomic E-state index is 3.71. The topological polar surface area (TPSA) is 15.3 Å². The Morgan fingerprint density at radius 1 is 1.20 bits per heavy atom. The number of benzene rings is 1. The average molecular weight is 274 g/mol. The number of hydrogen-bond donors (Lipinski definition) is 1. The lowest BCUT2D eigenvalue weighted by atomic mass is 9.87. The Labute approximate surface area is 124 Å². The zero-order valence-corrected chi connectivity index (χ0v) is 13.5. The van der Waals surface area contributed by atoms with E-state index < -0.39 is 0 Å². The third-order valence-corrected chi connectivity index (χ3v) is 4.76. The molecule has 0 spiro atoms. The van der Waals surface area contributed by atoms with Gasteiger partial charge in [-0.1, -0.05) is 58.0 Å². The van der Waals surface area contributed by atoms with Gasteiger partial charge in [0.1, 0.15) is 0 Å². The summed E-state index contributed by atoms with van der Waals surface area (Å²) >= 11 is 0. The largest absolute Gasteiger partial charge is 0.311 e. The van der Waals surface area contributed by atoms with Gasteiger partial charge in [-0.15, -0.1) is 0 Å². The lowest BCUT2D eigenvalue weighted by Gasteiger charge is -2.44. The average Bonchev–Trinajstić information content (AvgIpc) is 2.47. The number of hydrogen-bond acceptors (Lipinski definition) is 2. The number of rotatable bonds is 5. The van der Waals surface area contributed by atoms with Crippen molar-refractivity contribution in [1.82, 2.24) is 10.2 Å². The molecule has 2 heteroatoms. The maximum atomic E-state index is 3.71. The van der Waals surface area contributed by atoms with Crippen molar-refractivity contribution in [3.8, 4) is 0 Å². The molecule has 1 saturated heterocycles. The van der Waals surface area contributed by atoms with Gasteiger partial charge in [0.2, 0.25) is 0 Å². The highest BCUT2D eigenvalue weighted by atomic mass is 15.2. The van der Waals surface area contributed by atoms with E-state index in [1.807, 2.05) is 0 Å². The summed E-state index contributed by atoms with van der Waals surface area (Å²) in [6.07, 6.45) is 2.44. The first-order valence-electron chi connectivity index (χ1n) is 8.08. The summed E-state index contributed by atoms with van der Waals surface area (Å²) in [4.78, 5) is 2.70. The molecule has 1 N–H and O–H groups in total. The molecule has 1 aromatic rings. The Morgan fingerprint density at radius 3 is 2.50 bits per heavy atom. The summed E-state index contributed by atoms with van der Waals surface area (Å²) < 4.78 is 0. The number of nitrogens with zero attached hydrogens (tertiary/aromatic N) is 1. The zero-order valence-electron chi connectivity index (χ0n) is 13.5. The Bertz CT molecular complexity index is 399. The van der Waals surface area contributed by atoms with Gasteiger partial charge in [-0.05, 0) is 23.8 Å². The highest BCUT2D eigenvalue weighted by Gasteiger charge is 2.31. The number of piperazine rings is 1. The van der Waals surface area contributed by atoms with Gasteiger partial charge in [0.25, 0.3) is 0 Å². The van der Waals surface area contributed by atoms with E-state index in [2.05, 4.69) is 68.2 Å². The van der Waals surface area contributed by atoms with Crippen LogP contribution in [0.15, 0.2) is 30.3 Å². The van der Waals surface area contributed by atoms with Crippen LogP contribution < -0.4 is 5.32 Å². The van der Waals surface area contributed by atoms with Crippen LogP contribution in [0.2, 0.25) is 0 Å². The van der Waals surface area contributed by atoms with Crippen molar-refractivity contribution < 1.29 is 0 Å². The second-order valence-electron chi connectivity index (χ2n) is 6.89. The normalized spacial score (nSPS) is 24.8. The Balaban J connectivity index is 2.16. The SMILES string of the molecule is CCC1CN(CC(C)(C)CC)C(c2ccccc2)CN1. The molecule has 0 bridgehead atoms. The maximum Gasteiger partial charge on any atom is 0.0473 e. The molecular formula is C18H30N2. The molecule has 20 heavy (non-hydrogen) atoms. The van der Waals surface area contributed by atoms with Gasteiger partial charge in [-0.25, -0.2) is 0 Å². The van der Waals surface area contributed by atoms with Crippen LogP contribution in [0.5, 0.6) is 0 Å². The van der Waals surface area contributed by atoms with Crippen LogP contribution in [0.25, 0.3) is 0 Å². The van der Waals surface area contributed by atoms with Crippen molar-refractivity contribution in [1.29, 1.82) is 0 Å². The Hall–Kier alpha value is -0.860. The summed E-state index contributed by atoms with van der Waals surface area (Å²) in [7, 11) is 0. The Morgan fingerprint density at radius 2 is 1.90 bits per heavy atom. The fourth-order valence-electron chi connectivity index (χ4n) is 3.00. The fourth-order valence-corrected chi connectivity index (χ4v) is 3.00. The minimum absolute atomic E-state index is 0.392. The first-order chi connectivity index (χ1) is 9.55. The van der Waals surface area contributed by atoms with Crippen LogP contribution >= 0.6 is 0 Å². The van der Waals surface area contributed by atoms with E-state index in [1.54, 1.807) is 0 Å². The van der Waals surface area contributed by atoms with Crippen LogP contribution in [0.4, 0.5) is 0 Å². The van der Waals surface area contributed by atoms with E-state index in [0.717, 1.165) is 6.54 Å². The smallest absolute Gasteiger partial charge is 0.0473 e. The fraction of sp³-hybridized carbons (Fsp3) is 0.667. The highest BCUT2D eigenvalue weighted by molar-refractivity contribution is 5.20. The molecule has 1 aliphatic heterocycles. The molecule has 2 atom stereocenters. The second kappa shape index (κ2) is 6.73. The molecule has 2 unspecified atom stereocenters. The third-order valence-electron chi connectivity index (χ3n) is 4.76. The molecular weight excluding hydrogens is 244 g/mol. The monoisotopic (exact) mass is 274 g/mol. The highest BCUT2D eigenvalue weighted by Crippen LogP contribution is 2.30. The predicted molar refractivity (Wildman–Crippen MR) is 86.9 cm³/mol. The minimum Gasteiger partial charge on any atom is -0.311 e. The van der Waals surface area contributed by atoms with Crippen molar-refractivity contribution in [2.24, 2.45) is 5.41 Å². The lowest BCUT2D eigenvalue weighted by molar-refractivity contribution is 0.0809. The molecule has 0 aromatic heterocycles. The van der Waals surface area contributed by atoms with Crippen molar-refractivity contribution in [2.75, 3.05) is 19.6 Å². The molecule has 1 fully saturated rings. The summed E-state index contributed by atoms with van der Waals surface area (Å²) in [6.45, 7) is 12.8. The van der Waals surface area contributed by atoms with Gasteiger partial charge >= 0.3 is 0 Å². The molecule has 2 rings (SSSR count). The molecule has 1 aliphatic rings. The molecule has 1 aromatic carbocycles. The predicted octanol–water partition coefficient (Wildman–Crippen LogP) is 3.85. The van der Waals surface area contributed by atoms with Crippen molar-refractivity contribution in [3.05, 3.63) is 35.9 Å². The van der Waals surface area contributed by atoms with Gasteiger partial charge in [0.05, 0.1) is 0 Å². The van der Waals surface area contributed by atoms with E-state index in [1.165, 1.54) is 31.5 Å². The molecule has 0 aliphatic carbocycles. The summed E-state index contributed by atoms with van der Waals surface area (Å²) in [6, 6.07) is 12.1. The van der Waals surface area contributed by atoms with E-state index >= 15 is 0 Å². The van der Waals surface area contributed by atoms with Crippen LogP contribution in [0.1, 0.15) is 52.1 Å². The Kier molecular flexibility index (Phi) is 5.22. The van der Waals surface area contributed by atoms with E-state index in [4.69, 9.17) is 0 Å². The summed E-state index contributed by atoms with van der Waals surface area (Å²) in [5, 5.41) is 3.71. The quantitative estimate of drug-likeness (QED) is 0.877. The van der Waals surface area contributed by atoms with Crippen molar-refractivity contribution in [3.63, 3.8) is 0 Å². The molecule has 0 amide bonds. The van der Waals surface area contributed by atoms with Gasteiger partial charge in [0.15, 0.2) is 0 Å². The van der Waals surface area contributed by atoms with Gasteiger partial charge < -0.3 is 5.32 Å². The lowest BCUT2D eigenvalue weighted by Crippen LogP contribution is -2.54. The number of nitrogens with one attached hydrogen (secondary N) is 1. The van der Waals surface area contributed by atoms with E-state index in [-0.39, 0.29) is 0 Å². The van der Waals surface area contributed by atoms with Crippen LogP contribution in [0, 0.1) is 5.41 Å². The molecule has 0 saturated carbocycles. The first-order valence-corrected chi connectivity index (χ1v) is 8.08. The van der Waals surface area contributed by atoms with Crippen LogP contribution in [0.3, 0.4) is 0 Å². The van der Waals surface area contributed by atoms with E-state index in [9.17, 15) is 0 Å². The second-order valence-corrected chi connectivity index (χ2v) is 6.89. The summed E-state index contributed by atoms with van der Waals surface area (Å²) in [5.74, 6) is 0. The van der Waals surface area contributed by atoms with Gasteiger partial charge in [-0.2, -0.15) is 0 Å². The molecule has 2 nitrogen and oxygen atoms in total. The van der Waals surface area contributed by atoms with Gasteiger partial charge in [0, 0.05) is 31.7 Å². The standard InChI is InChI=1S/C18H30N2/c1-5-16-13-20(14-18(3,4)6-2)17(12-19-16)15-10-8-7-9-11-15/h7-11,16-17,19H,5-6,12-14H2,1-4H3. The first kappa shape index (κ1) is 15.5. The molecule has 1 heterocycles. The summed E-state index contributed by atoms with van der Waals surface area (Å²) in [5.41, 5.74) is 1.84. The van der Waals surface area contributed by atoms with Crippen molar-refractivity contribution in [2.45, 2.75) is 52.6 Å². The van der Waals surface area contributed by atoms with Crippen LogP contribution in [-0.2, 0) is 0 Å². The zero-order chi connectivity index (χ0) is 14.6. The third kappa shape index (κ3) is 3.83. The minimum atomic E-state index is 0.392.